The molecule has 1 aromatic heterocycles. The minimum atomic E-state index is -0.344. The van der Waals surface area contributed by atoms with Crippen LogP contribution in [0.2, 0.25) is 0 Å². The van der Waals surface area contributed by atoms with E-state index in [1.807, 2.05) is 30.9 Å². The van der Waals surface area contributed by atoms with Crippen molar-refractivity contribution in [3.05, 3.63) is 30.1 Å². The van der Waals surface area contributed by atoms with Crippen LogP contribution in [0.5, 0.6) is 0 Å². The number of nitrogens with zero attached hydrogens (tertiary/aromatic N) is 2. The number of amides is 2. The summed E-state index contributed by atoms with van der Waals surface area (Å²) < 4.78 is 0. The maximum absolute atomic E-state index is 12.0. The van der Waals surface area contributed by atoms with Gasteiger partial charge in [0.25, 0.3) is 0 Å². The van der Waals surface area contributed by atoms with Crippen LogP contribution in [0.15, 0.2) is 24.5 Å². The zero-order chi connectivity index (χ0) is 14.7. The number of aromatic nitrogens is 1. The van der Waals surface area contributed by atoms with E-state index in [0.29, 0.717) is 6.42 Å². The normalized spacial score (nSPS) is 23.2. The van der Waals surface area contributed by atoms with E-state index in [1.54, 1.807) is 12.4 Å². The molecule has 0 radical (unpaired) electrons. The highest BCUT2D eigenvalue weighted by Gasteiger charge is 2.38. The van der Waals surface area contributed by atoms with E-state index >= 15 is 0 Å². The Kier molecular flexibility index (Phi) is 4.46. The van der Waals surface area contributed by atoms with Crippen molar-refractivity contribution in [3.8, 4) is 0 Å². The fraction of sp³-hybridized carbons (Fsp3) is 0.500. The number of carbonyl (C=O) groups is 2. The number of pyridine rings is 1. The molecule has 2 heterocycles. The first-order valence-corrected chi connectivity index (χ1v) is 6.79. The molecule has 1 fully saturated rings. The van der Waals surface area contributed by atoms with Crippen LogP contribution in [0, 0.1) is 0 Å². The summed E-state index contributed by atoms with van der Waals surface area (Å²) in [4.78, 5) is 29.6. The van der Waals surface area contributed by atoms with E-state index in [9.17, 15) is 9.59 Å². The molecule has 0 saturated carbocycles. The number of nitrogens with one attached hydrogen (secondary N) is 1. The van der Waals surface area contributed by atoms with Crippen molar-refractivity contribution in [1.82, 2.24) is 15.2 Å². The van der Waals surface area contributed by atoms with Crippen LogP contribution < -0.4 is 11.1 Å². The lowest BCUT2D eigenvalue weighted by Gasteiger charge is -2.41. The number of hydrogen-bond donors (Lipinski definition) is 2. The molecular formula is C14H20N4O2. The maximum Gasteiger partial charge on any atom is 0.243 e. The topological polar surface area (TPSA) is 88.3 Å². The Labute approximate surface area is 118 Å². The molecule has 6 heteroatoms. The molecule has 1 aromatic rings. The van der Waals surface area contributed by atoms with Gasteiger partial charge in [0.15, 0.2) is 0 Å². The Bertz CT molecular complexity index is 489. The third-order valence-electron chi connectivity index (χ3n) is 3.56. The van der Waals surface area contributed by atoms with Gasteiger partial charge in [-0.2, -0.15) is 0 Å². The van der Waals surface area contributed by atoms with Gasteiger partial charge in [0.1, 0.15) is 0 Å². The smallest absolute Gasteiger partial charge is 0.243 e. The second-order valence-electron chi connectivity index (χ2n) is 5.10. The minimum absolute atomic E-state index is 0.172. The van der Waals surface area contributed by atoms with E-state index in [1.165, 1.54) is 0 Å². The molecule has 2 amide bonds. The second kappa shape index (κ2) is 6.11. The number of rotatable bonds is 4. The quantitative estimate of drug-likeness (QED) is 0.767. The van der Waals surface area contributed by atoms with Crippen LogP contribution in [0.3, 0.4) is 0 Å². The van der Waals surface area contributed by atoms with Crippen molar-refractivity contribution in [2.24, 2.45) is 5.73 Å². The van der Waals surface area contributed by atoms with Gasteiger partial charge in [0.05, 0.1) is 18.6 Å². The molecule has 108 valence electrons. The predicted octanol–water partition coefficient (Wildman–Crippen LogP) is 0.207. The third-order valence-corrected chi connectivity index (χ3v) is 3.56. The van der Waals surface area contributed by atoms with Crippen molar-refractivity contribution in [1.29, 1.82) is 0 Å². The SMILES string of the molecule is CCC1C(=O)NC(=O)CN1C(c1cccnc1)C(C)N. The third kappa shape index (κ3) is 2.86. The van der Waals surface area contributed by atoms with Gasteiger partial charge in [-0.3, -0.25) is 24.8 Å². The van der Waals surface area contributed by atoms with E-state index in [2.05, 4.69) is 10.3 Å². The van der Waals surface area contributed by atoms with Crippen molar-refractivity contribution in [3.63, 3.8) is 0 Å². The summed E-state index contributed by atoms with van der Waals surface area (Å²) in [5.41, 5.74) is 7.01. The fourth-order valence-electron chi connectivity index (χ4n) is 2.75. The van der Waals surface area contributed by atoms with Gasteiger partial charge < -0.3 is 5.73 Å². The lowest BCUT2D eigenvalue weighted by Crippen LogP contribution is -2.60. The van der Waals surface area contributed by atoms with Gasteiger partial charge in [0.2, 0.25) is 11.8 Å². The molecule has 0 spiro atoms. The van der Waals surface area contributed by atoms with Crippen molar-refractivity contribution < 1.29 is 9.59 Å². The summed E-state index contributed by atoms with van der Waals surface area (Å²) in [6.07, 6.45) is 4.05. The van der Waals surface area contributed by atoms with Gasteiger partial charge in [-0.1, -0.05) is 13.0 Å². The molecule has 6 nitrogen and oxygen atoms in total. The fourth-order valence-corrected chi connectivity index (χ4v) is 2.75. The van der Waals surface area contributed by atoms with E-state index in [4.69, 9.17) is 5.73 Å². The summed E-state index contributed by atoms with van der Waals surface area (Å²) in [5, 5.41) is 2.38. The van der Waals surface area contributed by atoms with Crippen molar-refractivity contribution in [2.75, 3.05) is 6.54 Å². The zero-order valence-electron chi connectivity index (χ0n) is 11.7. The summed E-state index contributed by atoms with van der Waals surface area (Å²) >= 11 is 0. The number of hydrogen-bond acceptors (Lipinski definition) is 5. The van der Waals surface area contributed by atoms with Crippen LogP contribution in [0.1, 0.15) is 31.9 Å². The Balaban J connectivity index is 2.36. The lowest BCUT2D eigenvalue weighted by atomic mass is 9.96. The monoisotopic (exact) mass is 276 g/mol. The molecule has 1 saturated heterocycles. The van der Waals surface area contributed by atoms with Crippen LogP contribution in [0.25, 0.3) is 0 Å². The summed E-state index contributed by atoms with van der Waals surface area (Å²) in [6, 6.07) is 2.99. The summed E-state index contributed by atoms with van der Waals surface area (Å²) in [7, 11) is 0. The van der Waals surface area contributed by atoms with Gasteiger partial charge in [-0.25, -0.2) is 0 Å². The standard InChI is InChI=1S/C14H20N4O2/c1-3-11-14(20)17-12(19)8-18(11)13(9(2)15)10-5-4-6-16-7-10/h4-7,9,11,13H,3,8,15H2,1-2H3,(H,17,19,20). The van der Waals surface area contributed by atoms with Gasteiger partial charge in [-0.05, 0) is 25.0 Å². The first kappa shape index (κ1) is 14.6. The lowest BCUT2D eigenvalue weighted by molar-refractivity contribution is -0.142. The van der Waals surface area contributed by atoms with Crippen LogP contribution in [-0.4, -0.2) is 40.3 Å². The van der Waals surface area contributed by atoms with E-state index < -0.39 is 0 Å². The molecule has 2 rings (SSSR count). The summed E-state index contributed by atoms with van der Waals surface area (Å²) in [5.74, 6) is -0.535. The highest BCUT2D eigenvalue weighted by Crippen LogP contribution is 2.27. The maximum atomic E-state index is 12.0. The molecule has 3 N–H and O–H groups in total. The molecule has 0 aromatic carbocycles. The van der Waals surface area contributed by atoms with Gasteiger partial charge in [0, 0.05) is 18.4 Å². The Morgan fingerprint density at radius 2 is 2.30 bits per heavy atom. The minimum Gasteiger partial charge on any atom is -0.326 e. The molecule has 1 aliphatic heterocycles. The molecule has 0 bridgehead atoms. The first-order valence-electron chi connectivity index (χ1n) is 6.79. The number of imide groups is 1. The second-order valence-corrected chi connectivity index (χ2v) is 5.10. The van der Waals surface area contributed by atoms with E-state index in [-0.39, 0.29) is 36.5 Å². The molecule has 20 heavy (non-hydrogen) atoms. The molecule has 3 unspecified atom stereocenters. The number of piperazine rings is 1. The largest absolute Gasteiger partial charge is 0.326 e. The van der Waals surface area contributed by atoms with Crippen molar-refractivity contribution >= 4 is 11.8 Å². The number of carbonyl (C=O) groups excluding carboxylic acids is 2. The average Bonchev–Trinajstić information content (AvgIpc) is 2.39. The van der Waals surface area contributed by atoms with Crippen LogP contribution in [-0.2, 0) is 9.59 Å². The molecule has 1 aliphatic rings. The van der Waals surface area contributed by atoms with Gasteiger partial charge in [-0.15, -0.1) is 0 Å². The summed E-state index contributed by atoms with van der Waals surface area (Å²) in [6.45, 7) is 3.97. The van der Waals surface area contributed by atoms with E-state index in [0.717, 1.165) is 5.56 Å². The Morgan fingerprint density at radius 3 is 2.85 bits per heavy atom. The Hall–Kier alpha value is -1.79. The molecule has 0 aliphatic carbocycles. The predicted molar refractivity (Wildman–Crippen MR) is 74.6 cm³/mol. The number of nitrogens with two attached hydrogens (primary N) is 1. The Morgan fingerprint density at radius 1 is 1.55 bits per heavy atom. The van der Waals surface area contributed by atoms with Gasteiger partial charge >= 0.3 is 0 Å². The van der Waals surface area contributed by atoms with Crippen LogP contribution >= 0.6 is 0 Å². The molecule has 3 atom stereocenters. The van der Waals surface area contributed by atoms with Crippen LogP contribution in [0.4, 0.5) is 0 Å². The first-order chi connectivity index (χ1) is 9.54. The van der Waals surface area contributed by atoms with Crippen molar-refractivity contribution in [2.45, 2.75) is 38.4 Å². The highest BCUT2D eigenvalue weighted by molar-refractivity contribution is 6.01. The zero-order valence-corrected chi connectivity index (χ0v) is 11.7. The molecular weight excluding hydrogens is 256 g/mol. The average molecular weight is 276 g/mol. The highest BCUT2D eigenvalue weighted by atomic mass is 16.2.